The SMILES string of the molecule is CC(CNCc1ccccc1Br)N1CCNCC1. The van der Waals surface area contributed by atoms with Crippen molar-refractivity contribution < 1.29 is 0 Å². The summed E-state index contributed by atoms with van der Waals surface area (Å²) in [5.41, 5.74) is 1.32. The van der Waals surface area contributed by atoms with Crippen molar-refractivity contribution in [1.82, 2.24) is 15.5 Å². The third-order valence-electron chi connectivity index (χ3n) is 3.49. The van der Waals surface area contributed by atoms with Gasteiger partial charge in [0, 0.05) is 49.8 Å². The summed E-state index contributed by atoms with van der Waals surface area (Å²) < 4.78 is 1.19. The van der Waals surface area contributed by atoms with Gasteiger partial charge in [0.1, 0.15) is 0 Å². The minimum Gasteiger partial charge on any atom is -0.314 e. The van der Waals surface area contributed by atoms with Gasteiger partial charge in [-0.25, -0.2) is 0 Å². The molecule has 1 aliphatic heterocycles. The molecule has 0 aliphatic carbocycles. The lowest BCUT2D eigenvalue weighted by Gasteiger charge is -2.33. The average molecular weight is 312 g/mol. The number of piperazine rings is 1. The number of benzene rings is 1. The molecule has 2 N–H and O–H groups in total. The highest BCUT2D eigenvalue weighted by Crippen LogP contribution is 2.15. The van der Waals surface area contributed by atoms with Gasteiger partial charge in [-0.15, -0.1) is 0 Å². The Bertz CT molecular complexity index is 364. The molecule has 100 valence electrons. The van der Waals surface area contributed by atoms with Crippen LogP contribution in [-0.4, -0.2) is 43.7 Å². The summed E-state index contributed by atoms with van der Waals surface area (Å²) in [6.07, 6.45) is 0. The number of hydrogen-bond donors (Lipinski definition) is 2. The maximum atomic E-state index is 3.58. The molecule has 1 saturated heterocycles. The second-order valence-corrected chi connectivity index (χ2v) is 5.71. The van der Waals surface area contributed by atoms with E-state index in [1.807, 2.05) is 0 Å². The van der Waals surface area contributed by atoms with Crippen LogP contribution in [0.5, 0.6) is 0 Å². The van der Waals surface area contributed by atoms with Crippen molar-refractivity contribution in [3.05, 3.63) is 34.3 Å². The van der Waals surface area contributed by atoms with Crippen molar-refractivity contribution in [3.8, 4) is 0 Å². The van der Waals surface area contributed by atoms with Gasteiger partial charge in [-0.3, -0.25) is 4.90 Å². The Labute approximate surface area is 118 Å². The van der Waals surface area contributed by atoms with E-state index in [-0.39, 0.29) is 0 Å². The molecule has 3 nitrogen and oxygen atoms in total. The molecule has 0 saturated carbocycles. The number of halogens is 1. The second-order valence-electron chi connectivity index (χ2n) is 4.86. The van der Waals surface area contributed by atoms with Crippen molar-refractivity contribution in [2.24, 2.45) is 0 Å². The fourth-order valence-corrected chi connectivity index (χ4v) is 2.73. The molecule has 1 unspecified atom stereocenters. The van der Waals surface area contributed by atoms with Crippen molar-refractivity contribution in [3.63, 3.8) is 0 Å². The lowest BCUT2D eigenvalue weighted by molar-refractivity contribution is 0.181. The zero-order chi connectivity index (χ0) is 12.8. The molecule has 0 radical (unpaired) electrons. The molecule has 1 fully saturated rings. The van der Waals surface area contributed by atoms with Gasteiger partial charge >= 0.3 is 0 Å². The summed E-state index contributed by atoms with van der Waals surface area (Å²) in [5.74, 6) is 0. The van der Waals surface area contributed by atoms with Crippen molar-refractivity contribution in [2.45, 2.75) is 19.5 Å². The van der Waals surface area contributed by atoms with Crippen LogP contribution in [-0.2, 0) is 6.54 Å². The quantitative estimate of drug-likeness (QED) is 0.869. The van der Waals surface area contributed by atoms with Crippen LogP contribution in [0.4, 0.5) is 0 Å². The first kappa shape index (κ1) is 14.0. The topological polar surface area (TPSA) is 27.3 Å². The van der Waals surface area contributed by atoms with Gasteiger partial charge in [0.05, 0.1) is 0 Å². The minimum absolute atomic E-state index is 0.606. The summed E-state index contributed by atoms with van der Waals surface area (Å²) in [4.78, 5) is 2.55. The Balaban J connectivity index is 1.73. The largest absolute Gasteiger partial charge is 0.314 e. The third kappa shape index (κ3) is 4.05. The van der Waals surface area contributed by atoms with E-state index in [1.54, 1.807) is 0 Å². The molecule has 18 heavy (non-hydrogen) atoms. The maximum Gasteiger partial charge on any atom is 0.0220 e. The van der Waals surface area contributed by atoms with E-state index >= 15 is 0 Å². The molecule has 1 atom stereocenters. The predicted molar refractivity (Wildman–Crippen MR) is 79.8 cm³/mol. The van der Waals surface area contributed by atoms with Crippen LogP contribution in [0.1, 0.15) is 12.5 Å². The summed E-state index contributed by atoms with van der Waals surface area (Å²) in [6, 6.07) is 9.00. The number of rotatable bonds is 5. The van der Waals surface area contributed by atoms with Crippen LogP contribution in [0, 0.1) is 0 Å². The molecule has 1 aromatic carbocycles. The Kier molecular flexibility index (Phi) is 5.63. The van der Waals surface area contributed by atoms with E-state index in [0.717, 1.165) is 39.3 Å². The lowest BCUT2D eigenvalue weighted by atomic mass is 10.2. The smallest absolute Gasteiger partial charge is 0.0220 e. The first-order chi connectivity index (χ1) is 8.77. The van der Waals surface area contributed by atoms with Gasteiger partial charge in [-0.2, -0.15) is 0 Å². The Morgan fingerprint density at radius 3 is 2.78 bits per heavy atom. The van der Waals surface area contributed by atoms with E-state index in [0.29, 0.717) is 6.04 Å². The Morgan fingerprint density at radius 1 is 1.33 bits per heavy atom. The molecule has 0 amide bonds. The first-order valence-corrected chi connectivity index (χ1v) is 7.45. The van der Waals surface area contributed by atoms with Gasteiger partial charge in [0.15, 0.2) is 0 Å². The van der Waals surface area contributed by atoms with Gasteiger partial charge < -0.3 is 10.6 Å². The van der Waals surface area contributed by atoms with Crippen molar-refractivity contribution in [2.75, 3.05) is 32.7 Å². The molecular weight excluding hydrogens is 290 g/mol. The number of hydrogen-bond acceptors (Lipinski definition) is 3. The summed E-state index contributed by atoms with van der Waals surface area (Å²) in [7, 11) is 0. The van der Waals surface area contributed by atoms with Crippen LogP contribution < -0.4 is 10.6 Å². The van der Waals surface area contributed by atoms with E-state index in [1.165, 1.54) is 10.0 Å². The summed E-state index contributed by atoms with van der Waals surface area (Å²) in [5, 5.41) is 6.94. The zero-order valence-corrected chi connectivity index (χ0v) is 12.5. The fourth-order valence-electron chi connectivity index (χ4n) is 2.31. The fraction of sp³-hybridized carbons (Fsp3) is 0.571. The molecular formula is C14H22BrN3. The van der Waals surface area contributed by atoms with Crippen LogP contribution in [0.2, 0.25) is 0 Å². The highest BCUT2D eigenvalue weighted by atomic mass is 79.9. The van der Waals surface area contributed by atoms with E-state index in [9.17, 15) is 0 Å². The van der Waals surface area contributed by atoms with Crippen molar-refractivity contribution in [1.29, 1.82) is 0 Å². The standard InChI is InChI=1S/C14H22BrN3/c1-12(18-8-6-16-7-9-18)10-17-11-13-4-2-3-5-14(13)15/h2-5,12,16-17H,6-11H2,1H3. The van der Waals surface area contributed by atoms with E-state index in [2.05, 4.69) is 62.7 Å². The zero-order valence-electron chi connectivity index (χ0n) is 11.0. The number of nitrogens with one attached hydrogen (secondary N) is 2. The van der Waals surface area contributed by atoms with Crippen LogP contribution in [0.25, 0.3) is 0 Å². The highest BCUT2D eigenvalue weighted by molar-refractivity contribution is 9.10. The lowest BCUT2D eigenvalue weighted by Crippen LogP contribution is -2.50. The van der Waals surface area contributed by atoms with Crippen LogP contribution in [0.3, 0.4) is 0 Å². The van der Waals surface area contributed by atoms with Gasteiger partial charge in [-0.1, -0.05) is 34.1 Å². The van der Waals surface area contributed by atoms with Gasteiger partial charge in [-0.05, 0) is 18.6 Å². The van der Waals surface area contributed by atoms with Gasteiger partial charge in [0.25, 0.3) is 0 Å². The van der Waals surface area contributed by atoms with Crippen LogP contribution >= 0.6 is 15.9 Å². The molecule has 0 spiro atoms. The average Bonchev–Trinajstić information content (AvgIpc) is 2.42. The molecule has 1 aromatic rings. The summed E-state index contributed by atoms with van der Waals surface area (Å²) >= 11 is 3.58. The van der Waals surface area contributed by atoms with Crippen molar-refractivity contribution >= 4 is 15.9 Å². The minimum atomic E-state index is 0.606. The molecule has 0 aromatic heterocycles. The monoisotopic (exact) mass is 311 g/mol. The van der Waals surface area contributed by atoms with E-state index < -0.39 is 0 Å². The number of nitrogens with zero attached hydrogens (tertiary/aromatic N) is 1. The highest BCUT2D eigenvalue weighted by Gasteiger charge is 2.15. The van der Waals surface area contributed by atoms with Crippen LogP contribution in [0.15, 0.2) is 28.7 Å². The van der Waals surface area contributed by atoms with Gasteiger partial charge in [0.2, 0.25) is 0 Å². The Hall–Kier alpha value is -0.420. The third-order valence-corrected chi connectivity index (χ3v) is 4.26. The second kappa shape index (κ2) is 7.24. The van der Waals surface area contributed by atoms with E-state index in [4.69, 9.17) is 0 Å². The molecule has 4 heteroatoms. The molecule has 2 rings (SSSR count). The molecule has 0 bridgehead atoms. The maximum absolute atomic E-state index is 3.58. The summed E-state index contributed by atoms with van der Waals surface area (Å²) in [6.45, 7) is 8.84. The normalized spacial score (nSPS) is 18.8. The first-order valence-electron chi connectivity index (χ1n) is 6.66. The predicted octanol–water partition coefficient (Wildman–Crippen LogP) is 1.83. The molecule has 1 heterocycles. The molecule has 1 aliphatic rings. The Morgan fingerprint density at radius 2 is 2.06 bits per heavy atom.